The Morgan fingerprint density at radius 2 is 1.69 bits per heavy atom. The Bertz CT molecular complexity index is 1330. The monoisotopic (exact) mass is 424 g/mol. The summed E-state index contributed by atoms with van der Waals surface area (Å²) in [5, 5.41) is 3.09. The van der Waals surface area contributed by atoms with Gasteiger partial charge in [0.05, 0.1) is 17.6 Å². The fourth-order valence-electron chi connectivity index (χ4n) is 5.61. The van der Waals surface area contributed by atoms with E-state index in [2.05, 4.69) is 34.6 Å². The van der Waals surface area contributed by atoms with Crippen LogP contribution in [0.1, 0.15) is 40.9 Å². The number of ketones is 1. The molecule has 6 rings (SSSR count). The van der Waals surface area contributed by atoms with Crippen LogP contribution in [0.5, 0.6) is 5.75 Å². The number of benzene rings is 3. The lowest BCUT2D eigenvalue weighted by atomic mass is 9.95. The molecule has 0 N–H and O–H groups in total. The largest absolute Gasteiger partial charge is 0.485 e. The molecule has 4 nitrogen and oxygen atoms in total. The third-order valence-corrected chi connectivity index (χ3v) is 7.16. The Hall–Kier alpha value is -3.11. The molecule has 3 heterocycles. The van der Waals surface area contributed by atoms with Crippen LogP contribution in [0.2, 0.25) is 0 Å². The highest BCUT2D eigenvalue weighted by Crippen LogP contribution is 2.38. The average molecular weight is 425 g/mol. The Labute approximate surface area is 188 Å². The highest BCUT2D eigenvalue weighted by Gasteiger charge is 2.30. The number of nitrogens with zero attached hydrogens (tertiary/aromatic N) is 2. The van der Waals surface area contributed by atoms with Crippen LogP contribution < -0.4 is 4.74 Å². The fourth-order valence-corrected chi connectivity index (χ4v) is 5.61. The second kappa shape index (κ2) is 7.79. The number of carbonyl (C=O) groups is 1. The summed E-state index contributed by atoms with van der Waals surface area (Å²) in [5.74, 6) is 0.991. The van der Waals surface area contributed by atoms with Crippen molar-refractivity contribution in [2.24, 2.45) is 0 Å². The van der Waals surface area contributed by atoms with Crippen molar-refractivity contribution in [2.45, 2.75) is 38.8 Å². The van der Waals surface area contributed by atoms with Crippen molar-refractivity contribution in [3.63, 3.8) is 0 Å². The molecule has 0 radical (unpaired) electrons. The molecule has 162 valence electrons. The number of para-hydroxylation sites is 1. The number of rotatable bonds is 4. The average Bonchev–Trinajstić information content (AvgIpc) is 3.11. The Morgan fingerprint density at radius 1 is 0.938 bits per heavy atom. The minimum absolute atomic E-state index is 0.0923. The summed E-state index contributed by atoms with van der Waals surface area (Å²) in [7, 11) is 0. The van der Waals surface area contributed by atoms with E-state index in [0.29, 0.717) is 0 Å². The zero-order valence-corrected chi connectivity index (χ0v) is 18.5. The van der Waals surface area contributed by atoms with Gasteiger partial charge >= 0.3 is 0 Å². The van der Waals surface area contributed by atoms with E-state index in [-0.39, 0.29) is 11.9 Å². The molecule has 2 aliphatic heterocycles. The van der Waals surface area contributed by atoms with Gasteiger partial charge in [-0.25, -0.2) is 0 Å². The summed E-state index contributed by atoms with van der Waals surface area (Å²) < 4.78 is 8.78. The van der Waals surface area contributed by atoms with Gasteiger partial charge in [-0.2, -0.15) is 0 Å². The van der Waals surface area contributed by atoms with Crippen molar-refractivity contribution in [3.05, 3.63) is 77.5 Å². The van der Waals surface area contributed by atoms with Gasteiger partial charge in [0.2, 0.25) is 0 Å². The third-order valence-electron chi connectivity index (χ3n) is 7.16. The van der Waals surface area contributed by atoms with Gasteiger partial charge in [-0.05, 0) is 49.7 Å². The number of ether oxygens (including phenoxy) is 1. The standard InChI is InChI=1S/C28H28N2O2/c1-19-26(28(31)23-12-7-10-20-9-3-4-11-22(20)23)24-13-8-14-25-27(24)30(19)18-21(32-25)17-29-15-5-2-6-16-29/h3-4,7-14,21H,2,5-6,15-18H2,1H3. The predicted octanol–water partition coefficient (Wildman–Crippen LogP) is 5.58. The number of piperidine rings is 1. The van der Waals surface area contributed by atoms with Gasteiger partial charge in [0.1, 0.15) is 11.9 Å². The van der Waals surface area contributed by atoms with Crippen LogP contribution in [-0.2, 0) is 6.54 Å². The molecular formula is C28H28N2O2. The van der Waals surface area contributed by atoms with Crippen molar-refractivity contribution in [3.8, 4) is 5.75 Å². The van der Waals surface area contributed by atoms with Crippen molar-refractivity contribution in [1.82, 2.24) is 9.47 Å². The first-order valence-corrected chi connectivity index (χ1v) is 11.7. The molecule has 0 saturated carbocycles. The number of aromatic nitrogens is 1. The lowest BCUT2D eigenvalue weighted by Crippen LogP contribution is -2.42. The molecule has 1 saturated heterocycles. The smallest absolute Gasteiger partial charge is 0.196 e. The number of fused-ring (bicyclic) bond motifs is 1. The second-order valence-corrected chi connectivity index (χ2v) is 9.18. The quantitative estimate of drug-likeness (QED) is 0.401. The van der Waals surface area contributed by atoms with E-state index in [9.17, 15) is 4.79 Å². The maximum atomic E-state index is 13.9. The summed E-state index contributed by atoms with van der Waals surface area (Å²) in [4.78, 5) is 16.4. The molecule has 0 amide bonds. The van der Waals surface area contributed by atoms with E-state index >= 15 is 0 Å². The molecule has 0 aliphatic carbocycles. The van der Waals surface area contributed by atoms with Crippen molar-refractivity contribution in [2.75, 3.05) is 19.6 Å². The van der Waals surface area contributed by atoms with Gasteiger partial charge in [0, 0.05) is 23.2 Å². The molecule has 32 heavy (non-hydrogen) atoms. The summed E-state index contributed by atoms with van der Waals surface area (Å²) in [5.41, 5.74) is 3.67. The van der Waals surface area contributed by atoms with Crippen molar-refractivity contribution in [1.29, 1.82) is 0 Å². The highest BCUT2D eigenvalue weighted by atomic mass is 16.5. The number of likely N-dealkylation sites (tertiary alicyclic amines) is 1. The molecule has 1 atom stereocenters. The van der Waals surface area contributed by atoms with Gasteiger partial charge in [0.15, 0.2) is 5.78 Å². The molecule has 4 heteroatoms. The van der Waals surface area contributed by atoms with Gasteiger partial charge in [0.25, 0.3) is 0 Å². The number of hydrogen-bond acceptors (Lipinski definition) is 3. The van der Waals surface area contributed by atoms with Crippen LogP contribution in [0.25, 0.3) is 21.7 Å². The van der Waals surface area contributed by atoms with E-state index in [0.717, 1.165) is 70.4 Å². The number of hydrogen-bond donors (Lipinski definition) is 0. The zero-order chi connectivity index (χ0) is 21.7. The van der Waals surface area contributed by atoms with Gasteiger partial charge in [-0.1, -0.05) is 61.0 Å². The lowest BCUT2D eigenvalue weighted by Gasteiger charge is -2.33. The maximum Gasteiger partial charge on any atom is 0.196 e. The van der Waals surface area contributed by atoms with Crippen molar-refractivity contribution < 1.29 is 9.53 Å². The summed E-state index contributed by atoms with van der Waals surface area (Å²) >= 11 is 0. The van der Waals surface area contributed by atoms with E-state index in [1.54, 1.807) is 0 Å². The SMILES string of the molecule is Cc1c(C(=O)c2cccc3ccccc23)c2cccc3c2n1CC(CN1CCCCC1)O3. The first-order chi connectivity index (χ1) is 15.7. The molecule has 0 spiro atoms. The molecule has 1 aromatic heterocycles. The first-order valence-electron chi connectivity index (χ1n) is 11.7. The van der Waals surface area contributed by atoms with E-state index in [1.165, 1.54) is 19.3 Å². The molecule has 1 fully saturated rings. The van der Waals surface area contributed by atoms with Crippen LogP contribution in [-0.4, -0.2) is 41.0 Å². The molecular weight excluding hydrogens is 396 g/mol. The van der Waals surface area contributed by atoms with Gasteiger partial charge < -0.3 is 9.30 Å². The summed E-state index contributed by atoms with van der Waals surface area (Å²) in [6.45, 7) is 6.14. The molecule has 4 aromatic rings. The zero-order valence-electron chi connectivity index (χ0n) is 18.5. The minimum atomic E-state index is 0.0923. The fraction of sp³-hybridized carbons (Fsp3) is 0.321. The normalized spacial score (nSPS) is 18.7. The van der Waals surface area contributed by atoms with E-state index in [1.807, 2.05) is 42.5 Å². The highest BCUT2D eigenvalue weighted by molar-refractivity contribution is 6.22. The summed E-state index contributed by atoms with van der Waals surface area (Å²) in [6, 6.07) is 20.2. The summed E-state index contributed by atoms with van der Waals surface area (Å²) in [6.07, 6.45) is 4.00. The molecule has 1 unspecified atom stereocenters. The molecule has 2 aliphatic rings. The van der Waals surface area contributed by atoms with E-state index < -0.39 is 0 Å². The van der Waals surface area contributed by atoms with Crippen molar-refractivity contribution >= 4 is 27.5 Å². The van der Waals surface area contributed by atoms with Crippen LogP contribution in [0.3, 0.4) is 0 Å². The van der Waals surface area contributed by atoms with Gasteiger partial charge in [-0.3, -0.25) is 9.69 Å². The third kappa shape index (κ3) is 3.13. The predicted molar refractivity (Wildman–Crippen MR) is 129 cm³/mol. The first kappa shape index (κ1) is 19.6. The van der Waals surface area contributed by atoms with Gasteiger partial charge in [-0.15, -0.1) is 0 Å². The van der Waals surface area contributed by atoms with Crippen LogP contribution in [0, 0.1) is 6.92 Å². The molecule has 0 bridgehead atoms. The number of carbonyl (C=O) groups excluding carboxylic acids is 1. The van der Waals surface area contributed by atoms with Crippen LogP contribution in [0.4, 0.5) is 0 Å². The minimum Gasteiger partial charge on any atom is -0.485 e. The van der Waals surface area contributed by atoms with Crippen LogP contribution in [0.15, 0.2) is 60.7 Å². The topological polar surface area (TPSA) is 34.5 Å². The Morgan fingerprint density at radius 3 is 2.56 bits per heavy atom. The maximum absolute atomic E-state index is 13.9. The Balaban J connectivity index is 1.42. The van der Waals surface area contributed by atoms with Crippen LogP contribution >= 0.6 is 0 Å². The molecule has 3 aromatic carbocycles. The lowest BCUT2D eigenvalue weighted by molar-refractivity contribution is 0.0999. The second-order valence-electron chi connectivity index (χ2n) is 9.18. The van der Waals surface area contributed by atoms with E-state index in [4.69, 9.17) is 4.74 Å². The Kier molecular flexibility index (Phi) is 4.76.